The third-order valence-electron chi connectivity index (χ3n) is 6.24. The van der Waals surface area contributed by atoms with Crippen LogP contribution in [0.15, 0.2) is 42.5 Å². The molecule has 2 unspecified atom stereocenters. The maximum Gasteiger partial charge on any atom is 0.273 e. The molecule has 3 amide bonds. The number of nitrogens with zero attached hydrogens (tertiary/aromatic N) is 2. The van der Waals surface area contributed by atoms with Gasteiger partial charge < -0.3 is 31.0 Å². The number of hydrogen-bond donors (Lipinski definition) is 3. The molecule has 1 fully saturated rings. The molecule has 206 valence electrons. The van der Waals surface area contributed by atoms with Crippen molar-refractivity contribution in [2.24, 2.45) is 5.73 Å². The number of benzene rings is 2. The van der Waals surface area contributed by atoms with E-state index in [1.54, 1.807) is 12.1 Å². The molecule has 1 aliphatic rings. The zero-order valence-corrected chi connectivity index (χ0v) is 22.1. The van der Waals surface area contributed by atoms with E-state index in [2.05, 4.69) is 9.69 Å². The van der Waals surface area contributed by atoms with E-state index >= 15 is 0 Å². The van der Waals surface area contributed by atoms with Gasteiger partial charge in [-0.1, -0.05) is 12.1 Å². The van der Waals surface area contributed by atoms with Crippen LogP contribution in [0.2, 0.25) is 0 Å². The summed E-state index contributed by atoms with van der Waals surface area (Å²) in [4.78, 5) is 40.8. The number of primary amides is 1. The van der Waals surface area contributed by atoms with Gasteiger partial charge in [0.1, 0.15) is 16.7 Å². The number of nitrogens with two attached hydrogens (primary N) is 2. The molecule has 2 aromatic carbocycles. The Balaban J connectivity index is 1.85. The van der Waals surface area contributed by atoms with Gasteiger partial charge in [-0.05, 0) is 54.2 Å². The van der Waals surface area contributed by atoms with Crippen LogP contribution in [0.4, 0.5) is 15.8 Å². The molecule has 2 heterocycles. The van der Waals surface area contributed by atoms with Crippen LogP contribution in [-0.4, -0.2) is 55.6 Å². The van der Waals surface area contributed by atoms with Gasteiger partial charge in [0.15, 0.2) is 17.2 Å². The first-order valence-electron chi connectivity index (χ1n) is 12.0. The van der Waals surface area contributed by atoms with Crippen molar-refractivity contribution in [1.82, 2.24) is 9.69 Å². The molecule has 1 saturated heterocycles. The fraction of sp³-hybridized carbons (Fsp3) is 0.308. The maximum atomic E-state index is 14.1. The average Bonchev–Trinajstić information content (AvgIpc) is 3.60. The summed E-state index contributed by atoms with van der Waals surface area (Å²) in [5.74, 6) is -2.00. The summed E-state index contributed by atoms with van der Waals surface area (Å²) in [6.45, 7) is 0.823. The van der Waals surface area contributed by atoms with Gasteiger partial charge in [0.25, 0.3) is 11.8 Å². The highest BCUT2D eigenvalue weighted by Crippen LogP contribution is 2.38. The molecule has 0 radical (unpaired) electrons. The first-order valence-corrected chi connectivity index (χ1v) is 12.8. The van der Waals surface area contributed by atoms with Crippen LogP contribution >= 0.6 is 11.5 Å². The smallest absolute Gasteiger partial charge is 0.273 e. The lowest BCUT2D eigenvalue weighted by molar-refractivity contribution is -0.123. The largest absolute Gasteiger partial charge is 0.493 e. The summed E-state index contributed by atoms with van der Waals surface area (Å²) < 4.78 is 34.2. The molecule has 0 saturated carbocycles. The summed E-state index contributed by atoms with van der Waals surface area (Å²) in [5, 5.41) is 2.86. The number of hydrogen-bond acceptors (Lipinski definition) is 9. The van der Waals surface area contributed by atoms with Gasteiger partial charge in [-0.3, -0.25) is 19.3 Å². The SMILES string of the molecule is COc1ccc(N(C(=O)c2snc(C(N)=O)c2N)C(C(=O)NCC2CCCO2)c2ccc(F)cc2)cc1OC. The minimum Gasteiger partial charge on any atom is -0.493 e. The van der Waals surface area contributed by atoms with Crippen molar-refractivity contribution >= 4 is 40.6 Å². The fourth-order valence-electron chi connectivity index (χ4n) is 4.28. The predicted molar refractivity (Wildman–Crippen MR) is 143 cm³/mol. The number of aromatic nitrogens is 1. The first kappa shape index (κ1) is 27.8. The van der Waals surface area contributed by atoms with E-state index in [4.69, 9.17) is 25.7 Å². The molecule has 39 heavy (non-hydrogen) atoms. The molecule has 13 heteroatoms. The highest BCUT2D eigenvalue weighted by Gasteiger charge is 2.37. The Morgan fingerprint density at radius 1 is 1.18 bits per heavy atom. The van der Waals surface area contributed by atoms with Gasteiger partial charge in [0.05, 0.1) is 26.0 Å². The maximum absolute atomic E-state index is 14.1. The van der Waals surface area contributed by atoms with Crippen LogP contribution in [0, 0.1) is 5.82 Å². The van der Waals surface area contributed by atoms with E-state index in [0.29, 0.717) is 35.2 Å². The molecule has 0 spiro atoms. The summed E-state index contributed by atoms with van der Waals surface area (Å²) in [6, 6.07) is 8.59. The molecule has 0 aliphatic carbocycles. The normalized spacial score (nSPS) is 15.4. The summed E-state index contributed by atoms with van der Waals surface area (Å²) in [5.41, 5.74) is 11.5. The lowest BCUT2D eigenvalue weighted by Crippen LogP contribution is -2.45. The van der Waals surface area contributed by atoms with Crippen molar-refractivity contribution in [3.05, 3.63) is 64.4 Å². The second-order valence-corrected chi connectivity index (χ2v) is 9.46. The molecule has 4 rings (SSSR count). The lowest BCUT2D eigenvalue weighted by atomic mass is 10.0. The van der Waals surface area contributed by atoms with Crippen LogP contribution in [0.1, 0.15) is 44.6 Å². The number of rotatable bonds is 10. The standard InChI is InChI=1S/C26H28FN5O6S/c1-36-18-10-9-16(12-19(18)37-2)32(26(35)23-20(28)21(24(29)33)31-39-23)22(14-5-7-15(27)8-6-14)25(34)30-13-17-4-3-11-38-17/h5-10,12,17,22H,3-4,11,13,28H2,1-2H3,(H2,29,33)(H,30,34). The quantitative estimate of drug-likeness (QED) is 0.343. The monoisotopic (exact) mass is 557 g/mol. The lowest BCUT2D eigenvalue weighted by Gasteiger charge is -2.32. The minimum atomic E-state index is -1.28. The third kappa shape index (κ3) is 5.94. The van der Waals surface area contributed by atoms with E-state index in [1.165, 1.54) is 49.5 Å². The number of methoxy groups -OCH3 is 2. The number of carbonyl (C=O) groups excluding carboxylic acids is 3. The molecular formula is C26H28FN5O6S. The van der Waals surface area contributed by atoms with Crippen LogP contribution in [0.25, 0.3) is 0 Å². The van der Waals surface area contributed by atoms with Crippen LogP contribution in [0.5, 0.6) is 11.5 Å². The van der Waals surface area contributed by atoms with Crippen molar-refractivity contribution < 1.29 is 33.0 Å². The highest BCUT2D eigenvalue weighted by molar-refractivity contribution is 7.09. The summed E-state index contributed by atoms with van der Waals surface area (Å²) in [6.07, 6.45) is 1.50. The molecule has 0 bridgehead atoms. The number of anilines is 2. The summed E-state index contributed by atoms with van der Waals surface area (Å²) in [7, 11) is 2.89. The topological polar surface area (TPSA) is 159 Å². The molecule has 5 N–H and O–H groups in total. The molecular weight excluding hydrogens is 529 g/mol. The van der Waals surface area contributed by atoms with Gasteiger partial charge in [-0.15, -0.1) is 0 Å². The number of carbonyl (C=O) groups is 3. The van der Waals surface area contributed by atoms with E-state index in [1.807, 2.05) is 0 Å². The second-order valence-electron chi connectivity index (χ2n) is 8.69. The van der Waals surface area contributed by atoms with Crippen molar-refractivity contribution in [3.8, 4) is 11.5 Å². The van der Waals surface area contributed by atoms with E-state index in [0.717, 1.165) is 12.8 Å². The van der Waals surface area contributed by atoms with Crippen molar-refractivity contribution in [3.63, 3.8) is 0 Å². The number of ether oxygens (including phenoxy) is 3. The molecule has 1 aromatic heterocycles. The van der Waals surface area contributed by atoms with Crippen molar-refractivity contribution in [2.75, 3.05) is 38.0 Å². The van der Waals surface area contributed by atoms with E-state index < -0.39 is 29.6 Å². The Labute approximate surface area is 228 Å². The molecule has 11 nitrogen and oxygen atoms in total. The minimum absolute atomic E-state index is 0.0994. The van der Waals surface area contributed by atoms with Gasteiger partial charge >= 0.3 is 0 Å². The van der Waals surface area contributed by atoms with Gasteiger partial charge in [0, 0.05) is 24.9 Å². The predicted octanol–water partition coefficient (Wildman–Crippen LogP) is 2.66. The average molecular weight is 558 g/mol. The second kappa shape index (κ2) is 12.1. The number of amides is 3. The van der Waals surface area contributed by atoms with Crippen molar-refractivity contribution in [1.29, 1.82) is 0 Å². The number of nitrogen functional groups attached to an aromatic ring is 1. The van der Waals surface area contributed by atoms with Gasteiger partial charge in [-0.2, -0.15) is 4.37 Å². The Morgan fingerprint density at radius 3 is 2.49 bits per heavy atom. The fourth-order valence-corrected chi connectivity index (χ4v) is 5.02. The zero-order chi connectivity index (χ0) is 28.1. The van der Waals surface area contributed by atoms with Gasteiger partial charge in [-0.25, -0.2) is 4.39 Å². The zero-order valence-electron chi connectivity index (χ0n) is 21.3. The third-order valence-corrected chi connectivity index (χ3v) is 7.09. The number of nitrogens with one attached hydrogen (secondary N) is 1. The van der Waals surface area contributed by atoms with E-state index in [9.17, 15) is 18.8 Å². The molecule has 1 aliphatic heterocycles. The van der Waals surface area contributed by atoms with Crippen LogP contribution in [0.3, 0.4) is 0 Å². The molecule has 3 aromatic rings. The Morgan fingerprint density at radius 2 is 1.90 bits per heavy atom. The Hall–Kier alpha value is -4.23. The van der Waals surface area contributed by atoms with Gasteiger partial charge in [0.2, 0.25) is 5.91 Å². The Kier molecular flexibility index (Phi) is 8.62. The Bertz CT molecular complexity index is 1360. The number of halogens is 1. The summed E-state index contributed by atoms with van der Waals surface area (Å²) >= 11 is 0.679. The van der Waals surface area contributed by atoms with Crippen molar-refractivity contribution in [2.45, 2.75) is 25.0 Å². The van der Waals surface area contributed by atoms with E-state index in [-0.39, 0.29) is 34.6 Å². The van der Waals surface area contributed by atoms with Crippen LogP contribution < -0.4 is 31.2 Å². The highest BCUT2D eigenvalue weighted by atomic mass is 32.1. The van der Waals surface area contributed by atoms with Crippen LogP contribution in [-0.2, 0) is 9.53 Å². The molecule has 2 atom stereocenters. The first-order chi connectivity index (χ1) is 18.7.